The van der Waals surface area contributed by atoms with Gasteiger partial charge in [-0.05, 0) is 19.1 Å². The molecule has 0 bridgehead atoms. The van der Waals surface area contributed by atoms with Crippen LogP contribution in [-0.4, -0.2) is 22.7 Å². The molecule has 0 aliphatic carbocycles. The standard InChI is InChI=1S/C15H13N3O2S/c1-2-20-15(19)13-14(21-9-5-7-16)11(10-17)12-6-3-4-8-18(12)13/h3-4,6,8H,2,5,9H2,1H3. The minimum Gasteiger partial charge on any atom is -0.461 e. The lowest BCUT2D eigenvalue weighted by molar-refractivity contribution is 0.0514. The van der Waals surface area contributed by atoms with E-state index in [4.69, 9.17) is 10.00 Å². The van der Waals surface area contributed by atoms with Crippen LogP contribution in [0.2, 0.25) is 0 Å². The van der Waals surface area contributed by atoms with Crippen LogP contribution in [0.25, 0.3) is 5.52 Å². The van der Waals surface area contributed by atoms with E-state index in [1.807, 2.05) is 6.07 Å². The van der Waals surface area contributed by atoms with E-state index in [1.165, 1.54) is 11.8 Å². The van der Waals surface area contributed by atoms with E-state index in [9.17, 15) is 10.1 Å². The summed E-state index contributed by atoms with van der Waals surface area (Å²) < 4.78 is 6.77. The molecule has 5 nitrogen and oxygen atoms in total. The summed E-state index contributed by atoms with van der Waals surface area (Å²) >= 11 is 1.34. The fourth-order valence-electron chi connectivity index (χ4n) is 2.02. The Morgan fingerprint density at radius 1 is 1.43 bits per heavy atom. The van der Waals surface area contributed by atoms with Crippen LogP contribution >= 0.6 is 11.8 Å². The fraction of sp³-hybridized carbons (Fsp3) is 0.267. The predicted octanol–water partition coefficient (Wildman–Crippen LogP) is 2.99. The Hall–Kier alpha value is -2.44. The molecule has 2 rings (SSSR count). The largest absolute Gasteiger partial charge is 0.461 e. The van der Waals surface area contributed by atoms with Gasteiger partial charge in [-0.2, -0.15) is 10.5 Å². The van der Waals surface area contributed by atoms with Crippen LogP contribution < -0.4 is 0 Å². The van der Waals surface area contributed by atoms with Gasteiger partial charge in [0.25, 0.3) is 0 Å². The van der Waals surface area contributed by atoms with Crippen molar-refractivity contribution in [1.82, 2.24) is 4.40 Å². The summed E-state index contributed by atoms with van der Waals surface area (Å²) in [5, 5.41) is 18.1. The third kappa shape index (κ3) is 2.86. The van der Waals surface area contributed by atoms with Crippen LogP contribution in [0.5, 0.6) is 0 Å². The van der Waals surface area contributed by atoms with Gasteiger partial charge in [-0.1, -0.05) is 6.07 Å². The van der Waals surface area contributed by atoms with Crippen LogP contribution in [0.1, 0.15) is 29.4 Å². The summed E-state index contributed by atoms with van der Waals surface area (Å²) in [6, 6.07) is 9.60. The number of thioether (sulfide) groups is 1. The van der Waals surface area contributed by atoms with E-state index in [0.717, 1.165) is 0 Å². The van der Waals surface area contributed by atoms with Crippen LogP contribution in [0.4, 0.5) is 0 Å². The van der Waals surface area contributed by atoms with Crippen molar-refractivity contribution >= 4 is 23.2 Å². The Bertz CT molecular complexity index is 753. The van der Waals surface area contributed by atoms with Crippen molar-refractivity contribution in [3.63, 3.8) is 0 Å². The molecule has 0 aliphatic rings. The highest BCUT2D eigenvalue weighted by Crippen LogP contribution is 2.33. The summed E-state index contributed by atoms with van der Waals surface area (Å²) in [7, 11) is 0. The van der Waals surface area contributed by atoms with Crippen LogP contribution in [-0.2, 0) is 4.74 Å². The van der Waals surface area contributed by atoms with Gasteiger partial charge < -0.3 is 9.14 Å². The highest BCUT2D eigenvalue weighted by Gasteiger charge is 2.24. The highest BCUT2D eigenvalue weighted by atomic mass is 32.2. The third-order valence-corrected chi connectivity index (χ3v) is 3.93. The normalized spacial score (nSPS) is 10.0. The average Bonchev–Trinajstić information content (AvgIpc) is 2.81. The molecule has 0 N–H and O–H groups in total. The number of carbonyl (C=O) groups excluding carboxylic acids is 1. The van der Waals surface area contributed by atoms with Gasteiger partial charge in [0.05, 0.1) is 28.7 Å². The second-order valence-electron chi connectivity index (χ2n) is 4.10. The number of fused-ring (bicyclic) bond motifs is 1. The van der Waals surface area contributed by atoms with Gasteiger partial charge in [0.1, 0.15) is 11.8 Å². The number of aromatic nitrogens is 1. The SMILES string of the molecule is CCOC(=O)c1c(SCCC#N)c(C#N)c2ccccn12. The molecule has 2 aromatic heterocycles. The average molecular weight is 299 g/mol. The molecule has 0 atom stereocenters. The topological polar surface area (TPSA) is 78.3 Å². The lowest BCUT2D eigenvalue weighted by Gasteiger charge is -2.05. The first kappa shape index (κ1) is 15.0. The number of pyridine rings is 1. The summed E-state index contributed by atoms with van der Waals surface area (Å²) in [4.78, 5) is 12.8. The number of nitrogens with zero attached hydrogens (tertiary/aromatic N) is 3. The minimum absolute atomic E-state index is 0.267. The molecule has 0 aromatic carbocycles. The van der Waals surface area contributed by atoms with Gasteiger partial charge in [-0.25, -0.2) is 4.79 Å². The van der Waals surface area contributed by atoms with Gasteiger partial charge in [0.2, 0.25) is 0 Å². The van der Waals surface area contributed by atoms with Crippen molar-refractivity contribution in [1.29, 1.82) is 10.5 Å². The molecule has 0 unspecified atom stereocenters. The van der Waals surface area contributed by atoms with E-state index >= 15 is 0 Å². The zero-order chi connectivity index (χ0) is 15.2. The number of rotatable bonds is 5. The number of ether oxygens (including phenoxy) is 1. The number of esters is 1. The first-order chi connectivity index (χ1) is 10.2. The van der Waals surface area contributed by atoms with Crippen molar-refractivity contribution < 1.29 is 9.53 Å². The van der Waals surface area contributed by atoms with Crippen LogP contribution in [0, 0.1) is 22.7 Å². The molecule has 0 aliphatic heterocycles. The molecule has 0 radical (unpaired) electrons. The second-order valence-corrected chi connectivity index (χ2v) is 5.20. The summed E-state index contributed by atoms with van der Waals surface area (Å²) in [6.45, 7) is 2.00. The van der Waals surface area contributed by atoms with Crippen molar-refractivity contribution in [2.45, 2.75) is 18.2 Å². The van der Waals surface area contributed by atoms with Crippen molar-refractivity contribution in [2.75, 3.05) is 12.4 Å². The Morgan fingerprint density at radius 3 is 2.90 bits per heavy atom. The molecular weight excluding hydrogens is 286 g/mol. The van der Waals surface area contributed by atoms with Gasteiger partial charge in [-0.3, -0.25) is 0 Å². The Balaban J connectivity index is 2.61. The minimum atomic E-state index is -0.459. The number of nitriles is 2. The first-order valence-electron chi connectivity index (χ1n) is 6.44. The molecule has 21 heavy (non-hydrogen) atoms. The molecule has 0 saturated carbocycles. The number of hydrogen-bond donors (Lipinski definition) is 0. The maximum Gasteiger partial charge on any atom is 0.356 e. The maximum atomic E-state index is 12.2. The molecule has 0 spiro atoms. The van der Waals surface area contributed by atoms with Crippen LogP contribution in [0.15, 0.2) is 29.3 Å². The summed E-state index contributed by atoms with van der Waals surface area (Å²) in [5.74, 6) is 0.0636. The van der Waals surface area contributed by atoms with Gasteiger partial charge in [-0.15, -0.1) is 11.8 Å². The lowest BCUT2D eigenvalue weighted by Crippen LogP contribution is -2.09. The fourth-order valence-corrected chi connectivity index (χ4v) is 3.03. The maximum absolute atomic E-state index is 12.2. The quantitative estimate of drug-likeness (QED) is 0.482. The second kappa shape index (κ2) is 6.83. The smallest absolute Gasteiger partial charge is 0.356 e. The molecule has 6 heteroatoms. The summed E-state index contributed by atoms with van der Waals surface area (Å²) in [6.07, 6.45) is 2.08. The highest BCUT2D eigenvalue weighted by molar-refractivity contribution is 7.99. The van der Waals surface area contributed by atoms with Gasteiger partial charge in [0, 0.05) is 18.4 Å². The molecule has 106 valence electrons. The van der Waals surface area contributed by atoms with E-state index < -0.39 is 5.97 Å². The monoisotopic (exact) mass is 299 g/mol. The van der Waals surface area contributed by atoms with Crippen LogP contribution in [0.3, 0.4) is 0 Å². The zero-order valence-electron chi connectivity index (χ0n) is 11.5. The molecular formula is C15H13N3O2S. The van der Waals surface area contributed by atoms with Crippen molar-refractivity contribution in [3.8, 4) is 12.1 Å². The Morgan fingerprint density at radius 2 is 2.24 bits per heavy atom. The van der Waals surface area contributed by atoms with Gasteiger partial charge >= 0.3 is 5.97 Å². The van der Waals surface area contributed by atoms with E-state index in [2.05, 4.69) is 12.1 Å². The molecule has 2 heterocycles. The van der Waals surface area contributed by atoms with Crippen molar-refractivity contribution in [2.24, 2.45) is 0 Å². The summed E-state index contributed by atoms with van der Waals surface area (Å²) in [5.41, 5.74) is 1.47. The first-order valence-corrected chi connectivity index (χ1v) is 7.43. The molecule has 0 fully saturated rings. The number of carbonyl (C=O) groups is 1. The third-order valence-electron chi connectivity index (χ3n) is 2.84. The van der Waals surface area contributed by atoms with E-state index in [1.54, 1.807) is 29.7 Å². The lowest BCUT2D eigenvalue weighted by atomic mass is 10.2. The Kier molecular flexibility index (Phi) is 4.86. The zero-order valence-corrected chi connectivity index (χ0v) is 12.3. The molecule has 0 saturated heterocycles. The molecule has 0 amide bonds. The van der Waals surface area contributed by atoms with E-state index in [0.29, 0.717) is 33.8 Å². The Labute approximate surface area is 126 Å². The molecule has 2 aromatic rings. The number of hydrogen-bond acceptors (Lipinski definition) is 5. The van der Waals surface area contributed by atoms with Crippen molar-refractivity contribution in [3.05, 3.63) is 35.7 Å². The predicted molar refractivity (Wildman–Crippen MR) is 79.0 cm³/mol. The van der Waals surface area contributed by atoms with Gasteiger partial charge in [0.15, 0.2) is 0 Å². The van der Waals surface area contributed by atoms with E-state index in [-0.39, 0.29) is 6.61 Å².